The number of carbonyl (C=O) groups excluding carboxylic acids is 2. The molecule has 1 fully saturated rings. The third-order valence-corrected chi connectivity index (χ3v) is 6.33. The van der Waals surface area contributed by atoms with E-state index in [1.54, 1.807) is 35.2 Å². The number of likely N-dealkylation sites (tertiary alicyclic amines) is 1. The minimum atomic E-state index is -0.292. The number of nitrogens with one attached hydrogen (secondary N) is 1. The van der Waals surface area contributed by atoms with E-state index >= 15 is 0 Å². The Morgan fingerprint density at radius 1 is 1.16 bits per heavy atom. The van der Waals surface area contributed by atoms with Gasteiger partial charge >= 0.3 is 0 Å². The monoisotopic (exact) mass is 465 g/mol. The van der Waals surface area contributed by atoms with Crippen molar-refractivity contribution >= 4 is 35.0 Å². The molecular weight excluding hydrogens is 440 g/mol. The van der Waals surface area contributed by atoms with Gasteiger partial charge in [-0.05, 0) is 62.8 Å². The maximum Gasteiger partial charge on any atom is 0.253 e. The summed E-state index contributed by atoms with van der Waals surface area (Å²) in [6.45, 7) is 1.35. The molecule has 2 aromatic rings. The summed E-state index contributed by atoms with van der Waals surface area (Å²) >= 11 is 12.0. The van der Waals surface area contributed by atoms with Gasteiger partial charge in [0.2, 0.25) is 5.91 Å². The minimum absolute atomic E-state index is 0.0814. The lowest BCUT2D eigenvalue weighted by molar-refractivity contribution is -0.126. The number of halogens is 3. The van der Waals surface area contributed by atoms with Crippen LogP contribution in [0.4, 0.5) is 4.39 Å². The highest BCUT2D eigenvalue weighted by Gasteiger charge is 2.29. The molecule has 31 heavy (non-hydrogen) atoms. The number of hydrogen-bond acceptors (Lipinski definition) is 3. The van der Waals surface area contributed by atoms with Crippen LogP contribution in [0.25, 0.3) is 0 Å². The van der Waals surface area contributed by atoms with Crippen LogP contribution in [-0.2, 0) is 4.79 Å². The fourth-order valence-corrected chi connectivity index (χ4v) is 4.11. The largest absolute Gasteiger partial charge is 0.354 e. The molecular formula is C23H26Cl2FN3O2. The van der Waals surface area contributed by atoms with Crippen LogP contribution < -0.4 is 5.32 Å². The van der Waals surface area contributed by atoms with Crippen LogP contribution in [0.15, 0.2) is 42.5 Å². The molecule has 0 saturated carbocycles. The molecule has 3 rings (SSSR count). The van der Waals surface area contributed by atoms with Gasteiger partial charge < -0.3 is 15.1 Å². The fraction of sp³-hybridized carbons (Fsp3) is 0.391. The Bertz CT molecular complexity index is 937. The molecule has 2 amide bonds. The van der Waals surface area contributed by atoms with Gasteiger partial charge in [-0.1, -0.05) is 35.3 Å². The summed E-state index contributed by atoms with van der Waals surface area (Å²) in [5.74, 6) is -0.815. The Morgan fingerprint density at radius 3 is 2.52 bits per heavy atom. The molecule has 8 heteroatoms. The van der Waals surface area contributed by atoms with Gasteiger partial charge in [-0.15, -0.1) is 0 Å². The first kappa shape index (κ1) is 23.5. The van der Waals surface area contributed by atoms with Crippen molar-refractivity contribution in [3.63, 3.8) is 0 Å². The molecule has 5 nitrogen and oxygen atoms in total. The van der Waals surface area contributed by atoms with E-state index in [9.17, 15) is 14.0 Å². The van der Waals surface area contributed by atoms with Crippen LogP contribution >= 0.6 is 23.2 Å². The smallest absolute Gasteiger partial charge is 0.253 e. The summed E-state index contributed by atoms with van der Waals surface area (Å²) in [6, 6.07) is 11.0. The molecule has 166 valence electrons. The Morgan fingerprint density at radius 2 is 1.87 bits per heavy atom. The molecule has 1 aliphatic rings. The Balaban J connectivity index is 1.61. The van der Waals surface area contributed by atoms with Crippen LogP contribution in [0.2, 0.25) is 10.0 Å². The van der Waals surface area contributed by atoms with E-state index in [0.29, 0.717) is 35.2 Å². The topological polar surface area (TPSA) is 52.7 Å². The van der Waals surface area contributed by atoms with Crippen molar-refractivity contribution in [2.75, 3.05) is 33.7 Å². The van der Waals surface area contributed by atoms with E-state index < -0.39 is 0 Å². The standard InChI is InChI=1S/C23H26Cl2FN3O2/c1-28(2)21(15-5-8-18(26)9-6-15)13-27-22(30)17-4-3-11-29(14-17)23(31)16-7-10-19(24)20(25)12-16/h5-10,12,17,21H,3-4,11,13-14H2,1-2H3,(H,27,30). The zero-order chi connectivity index (χ0) is 22.5. The molecule has 2 unspecified atom stereocenters. The highest BCUT2D eigenvalue weighted by Crippen LogP contribution is 2.25. The van der Waals surface area contributed by atoms with Gasteiger partial charge in [0.25, 0.3) is 5.91 Å². The quantitative estimate of drug-likeness (QED) is 0.687. The molecule has 1 aliphatic heterocycles. The second-order valence-corrected chi connectivity index (χ2v) is 8.81. The molecule has 0 spiro atoms. The van der Waals surface area contributed by atoms with E-state index in [1.165, 1.54) is 12.1 Å². The Labute approximate surface area is 192 Å². The lowest BCUT2D eigenvalue weighted by atomic mass is 9.96. The first-order valence-electron chi connectivity index (χ1n) is 10.2. The van der Waals surface area contributed by atoms with E-state index in [0.717, 1.165) is 18.4 Å². The van der Waals surface area contributed by atoms with Crippen molar-refractivity contribution in [1.82, 2.24) is 15.1 Å². The molecule has 1 N–H and O–H groups in total. The molecule has 0 aromatic heterocycles. The van der Waals surface area contributed by atoms with Crippen LogP contribution in [0, 0.1) is 11.7 Å². The fourth-order valence-electron chi connectivity index (χ4n) is 3.81. The van der Waals surface area contributed by atoms with Gasteiger partial charge in [0, 0.05) is 25.2 Å². The molecule has 1 heterocycles. The summed E-state index contributed by atoms with van der Waals surface area (Å²) in [6.07, 6.45) is 1.47. The van der Waals surface area contributed by atoms with Gasteiger partial charge in [0.05, 0.1) is 22.0 Å². The number of hydrogen-bond donors (Lipinski definition) is 1. The summed E-state index contributed by atoms with van der Waals surface area (Å²) in [5, 5.41) is 3.73. The van der Waals surface area contributed by atoms with Crippen molar-refractivity contribution < 1.29 is 14.0 Å². The van der Waals surface area contributed by atoms with Gasteiger partial charge in [0.15, 0.2) is 0 Å². The third-order valence-electron chi connectivity index (χ3n) is 5.59. The number of piperidine rings is 1. The van der Waals surface area contributed by atoms with E-state index in [-0.39, 0.29) is 29.6 Å². The molecule has 2 atom stereocenters. The van der Waals surface area contributed by atoms with Crippen LogP contribution in [0.1, 0.15) is 34.8 Å². The SMILES string of the molecule is CN(C)C(CNC(=O)C1CCCN(C(=O)c2ccc(Cl)c(Cl)c2)C1)c1ccc(F)cc1. The third kappa shape index (κ3) is 5.97. The number of likely N-dealkylation sites (N-methyl/N-ethyl adjacent to an activating group) is 1. The predicted molar refractivity (Wildman–Crippen MR) is 121 cm³/mol. The van der Waals surface area contributed by atoms with E-state index in [4.69, 9.17) is 23.2 Å². The van der Waals surface area contributed by atoms with Crippen molar-refractivity contribution in [2.45, 2.75) is 18.9 Å². The van der Waals surface area contributed by atoms with Crippen molar-refractivity contribution in [3.05, 3.63) is 69.5 Å². The van der Waals surface area contributed by atoms with E-state index in [1.807, 2.05) is 19.0 Å². The average molecular weight is 466 g/mol. The number of amides is 2. The molecule has 1 saturated heterocycles. The van der Waals surface area contributed by atoms with Crippen LogP contribution in [-0.4, -0.2) is 55.3 Å². The first-order chi connectivity index (χ1) is 14.8. The number of benzene rings is 2. The lowest BCUT2D eigenvalue weighted by Gasteiger charge is -2.33. The number of carbonyl (C=O) groups is 2. The van der Waals surface area contributed by atoms with E-state index in [2.05, 4.69) is 5.32 Å². The van der Waals surface area contributed by atoms with Crippen LogP contribution in [0.5, 0.6) is 0 Å². The molecule has 0 bridgehead atoms. The maximum atomic E-state index is 13.2. The second-order valence-electron chi connectivity index (χ2n) is 8.00. The summed E-state index contributed by atoms with van der Waals surface area (Å²) in [7, 11) is 3.83. The molecule has 0 aliphatic carbocycles. The first-order valence-corrected chi connectivity index (χ1v) is 11.0. The lowest BCUT2D eigenvalue weighted by Crippen LogP contribution is -2.46. The zero-order valence-corrected chi connectivity index (χ0v) is 19.1. The normalized spacial score (nSPS) is 17.5. The minimum Gasteiger partial charge on any atom is -0.354 e. The average Bonchev–Trinajstić information content (AvgIpc) is 2.76. The van der Waals surface area contributed by atoms with Crippen LogP contribution in [0.3, 0.4) is 0 Å². The number of nitrogens with zero attached hydrogens (tertiary/aromatic N) is 2. The predicted octanol–water partition coefficient (Wildman–Crippen LogP) is 4.40. The van der Waals surface area contributed by atoms with Gasteiger partial charge in [0.1, 0.15) is 5.82 Å². The van der Waals surface area contributed by atoms with Crippen molar-refractivity contribution in [2.24, 2.45) is 5.92 Å². The van der Waals surface area contributed by atoms with Crippen molar-refractivity contribution in [3.8, 4) is 0 Å². The molecule has 2 aromatic carbocycles. The number of rotatable bonds is 6. The summed E-state index contributed by atoms with van der Waals surface area (Å²) in [5.41, 5.74) is 1.38. The van der Waals surface area contributed by atoms with Gasteiger partial charge in [-0.25, -0.2) is 4.39 Å². The molecule has 0 radical (unpaired) electrons. The summed E-state index contributed by atoms with van der Waals surface area (Å²) in [4.78, 5) is 29.4. The summed E-state index contributed by atoms with van der Waals surface area (Å²) < 4.78 is 13.2. The zero-order valence-electron chi connectivity index (χ0n) is 17.6. The highest BCUT2D eigenvalue weighted by molar-refractivity contribution is 6.42. The Kier molecular flexibility index (Phi) is 7.92. The maximum absolute atomic E-state index is 13.2. The Hall–Kier alpha value is -2.15. The van der Waals surface area contributed by atoms with Crippen molar-refractivity contribution in [1.29, 1.82) is 0 Å². The highest BCUT2D eigenvalue weighted by atomic mass is 35.5. The van der Waals surface area contributed by atoms with Gasteiger partial charge in [-0.2, -0.15) is 0 Å². The second kappa shape index (κ2) is 10.4. The van der Waals surface area contributed by atoms with Gasteiger partial charge in [-0.3, -0.25) is 9.59 Å².